The summed E-state index contributed by atoms with van der Waals surface area (Å²) in [5.74, 6) is -0.307. The Labute approximate surface area is 195 Å². The molecule has 164 valence electrons. The van der Waals surface area contributed by atoms with Crippen LogP contribution in [0.15, 0.2) is 78.9 Å². The van der Waals surface area contributed by atoms with Crippen LogP contribution >= 0.6 is 11.3 Å². The average molecular weight is 455 g/mol. The van der Waals surface area contributed by atoms with Gasteiger partial charge in [-0.15, -0.1) is 11.3 Å². The molecule has 4 aromatic rings. The molecule has 1 aromatic heterocycles. The Kier molecular flexibility index (Phi) is 5.62. The number of thiazole rings is 1. The first-order valence-corrected chi connectivity index (χ1v) is 11.5. The van der Waals surface area contributed by atoms with E-state index >= 15 is 0 Å². The van der Waals surface area contributed by atoms with E-state index in [-0.39, 0.29) is 11.8 Å². The van der Waals surface area contributed by atoms with Gasteiger partial charge in [0.05, 0.1) is 23.6 Å². The monoisotopic (exact) mass is 454 g/mol. The maximum atomic E-state index is 13.1. The van der Waals surface area contributed by atoms with Crippen LogP contribution in [-0.2, 0) is 13.0 Å². The molecule has 0 aliphatic carbocycles. The molecule has 2 amide bonds. The lowest BCUT2D eigenvalue weighted by atomic mass is 10.0. The molecule has 2 heterocycles. The smallest absolute Gasteiger partial charge is 0.284 e. The Hall–Kier alpha value is -3.97. The lowest BCUT2D eigenvalue weighted by Gasteiger charge is -2.26. The molecule has 1 aliphatic heterocycles. The standard InChI is InChI=1S/C26H22N4O2S/c27-20-8-4-5-9-21(20)28-24(31)25-29-22-14-15-30(16-23(22)33-25)26(32)19-12-10-18(11-13-19)17-6-2-1-3-7-17/h1-13H,14-16,27H2,(H,28,31). The second-order valence-electron chi connectivity index (χ2n) is 7.85. The number of nitrogens with one attached hydrogen (secondary N) is 1. The summed E-state index contributed by atoms with van der Waals surface area (Å²) < 4.78 is 0. The van der Waals surface area contributed by atoms with Gasteiger partial charge in [0.25, 0.3) is 11.8 Å². The minimum Gasteiger partial charge on any atom is -0.397 e. The largest absolute Gasteiger partial charge is 0.397 e. The second kappa shape index (κ2) is 8.88. The number of nitrogens with zero attached hydrogens (tertiary/aromatic N) is 2. The number of carbonyl (C=O) groups excluding carboxylic acids is 2. The fourth-order valence-corrected chi connectivity index (χ4v) is 4.89. The summed E-state index contributed by atoms with van der Waals surface area (Å²) in [5.41, 5.74) is 10.7. The molecule has 0 radical (unpaired) electrons. The first-order chi connectivity index (χ1) is 16.1. The number of carbonyl (C=O) groups is 2. The molecule has 0 atom stereocenters. The first-order valence-electron chi connectivity index (χ1n) is 10.7. The van der Waals surface area contributed by atoms with E-state index in [0.29, 0.717) is 41.5 Å². The fourth-order valence-electron chi connectivity index (χ4n) is 3.87. The van der Waals surface area contributed by atoms with Crippen LogP contribution in [0, 0.1) is 0 Å². The van der Waals surface area contributed by atoms with Crippen LogP contribution in [0.2, 0.25) is 0 Å². The molecular formula is C26H22N4O2S. The summed E-state index contributed by atoms with van der Waals surface area (Å²) in [7, 11) is 0. The molecule has 0 unspecified atom stereocenters. The third-order valence-corrected chi connectivity index (χ3v) is 6.74. The number of hydrogen-bond donors (Lipinski definition) is 2. The Bertz CT molecular complexity index is 1320. The van der Waals surface area contributed by atoms with Gasteiger partial charge in [-0.3, -0.25) is 9.59 Å². The number of aromatic nitrogens is 1. The normalized spacial score (nSPS) is 12.8. The van der Waals surface area contributed by atoms with Crippen molar-refractivity contribution in [1.82, 2.24) is 9.88 Å². The summed E-state index contributed by atoms with van der Waals surface area (Å²) in [6, 6.07) is 24.9. The third-order valence-electron chi connectivity index (χ3n) is 5.66. The fraction of sp³-hybridized carbons (Fsp3) is 0.115. The number of benzene rings is 3. The lowest BCUT2D eigenvalue weighted by Crippen LogP contribution is -2.35. The predicted octanol–water partition coefficient (Wildman–Crippen LogP) is 4.84. The van der Waals surface area contributed by atoms with Gasteiger partial charge in [0.15, 0.2) is 5.01 Å². The highest BCUT2D eigenvalue weighted by Crippen LogP contribution is 2.28. The molecule has 3 aromatic carbocycles. The topological polar surface area (TPSA) is 88.3 Å². The van der Waals surface area contributed by atoms with Gasteiger partial charge in [-0.1, -0.05) is 54.6 Å². The Morgan fingerprint density at radius 2 is 1.61 bits per heavy atom. The molecular weight excluding hydrogens is 432 g/mol. The molecule has 0 spiro atoms. The number of nitrogens with two attached hydrogens (primary N) is 1. The van der Waals surface area contributed by atoms with E-state index < -0.39 is 0 Å². The lowest BCUT2D eigenvalue weighted by molar-refractivity contribution is 0.0736. The highest BCUT2D eigenvalue weighted by Gasteiger charge is 2.26. The van der Waals surface area contributed by atoms with Crippen molar-refractivity contribution in [2.75, 3.05) is 17.6 Å². The van der Waals surface area contributed by atoms with E-state index in [2.05, 4.69) is 10.3 Å². The van der Waals surface area contributed by atoms with Gasteiger partial charge >= 0.3 is 0 Å². The number of para-hydroxylation sites is 2. The number of hydrogen-bond acceptors (Lipinski definition) is 5. The zero-order valence-electron chi connectivity index (χ0n) is 17.8. The van der Waals surface area contributed by atoms with Crippen molar-refractivity contribution in [3.05, 3.63) is 100 Å². The average Bonchev–Trinajstić information content (AvgIpc) is 3.29. The third kappa shape index (κ3) is 4.36. The van der Waals surface area contributed by atoms with Crippen molar-refractivity contribution in [2.24, 2.45) is 0 Å². The summed E-state index contributed by atoms with van der Waals surface area (Å²) >= 11 is 1.33. The van der Waals surface area contributed by atoms with E-state index in [1.54, 1.807) is 12.1 Å². The summed E-state index contributed by atoms with van der Waals surface area (Å²) in [4.78, 5) is 33.0. The van der Waals surface area contributed by atoms with Crippen LogP contribution in [0.4, 0.5) is 11.4 Å². The predicted molar refractivity (Wildman–Crippen MR) is 131 cm³/mol. The van der Waals surface area contributed by atoms with Gasteiger partial charge in [-0.25, -0.2) is 4.98 Å². The minimum atomic E-state index is -0.290. The summed E-state index contributed by atoms with van der Waals surface area (Å²) in [5, 5.41) is 3.20. The SMILES string of the molecule is Nc1ccccc1NC(=O)c1nc2c(s1)CN(C(=O)c1ccc(-c3ccccc3)cc1)CC2. The number of nitrogen functional groups attached to an aromatic ring is 1. The van der Waals surface area contributed by atoms with E-state index in [4.69, 9.17) is 5.73 Å². The van der Waals surface area contributed by atoms with Gasteiger partial charge < -0.3 is 16.0 Å². The Morgan fingerprint density at radius 1 is 0.909 bits per heavy atom. The Balaban J connectivity index is 1.28. The molecule has 0 saturated heterocycles. The molecule has 0 saturated carbocycles. The van der Waals surface area contributed by atoms with Crippen molar-refractivity contribution in [2.45, 2.75) is 13.0 Å². The van der Waals surface area contributed by atoms with Crippen molar-refractivity contribution < 1.29 is 9.59 Å². The quantitative estimate of drug-likeness (QED) is 0.432. The molecule has 0 fully saturated rings. The van der Waals surface area contributed by atoms with E-state index in [1.807, 2.05) is 71.6 Å². The van der Waals surface area contributed by atoms with Gasteiger partial charge in [-0.2, -0.15) is 0 Å². The number of fused-ring (bicyclic) bond motifs is 1. The first kappa shape index (κ1) is 20.9. The molecule has 33 heavy (non-hydrogen) atoms. The van der Waals surface area contributed by atoms with E-state index in [0.717, 1.165) is 21.7 Å². The summed E-state index contributed by atoms with van der Waals surface area (Å²) in [6.07, 6.45) is 0.625. The van der Waals surface area contributed by atoms with Crippen LogP contribution in [0.5, 0.6) is 0 Å². The highest BCUT2D eigenvalue weighted by molar-refractivity contribution is 7.13. The van der Waals surface area contributed by atoms with Crippen molar-refractivity contribution in [3.8, 4) is 11.1 Å². The second-order valence-corrected chi connectivity index (χ2v) is 8.93. The highest BCUT2D eigenvalue weighted by atomic mass is 32.1. The van der Waals surface area contributed by atoms with Gasteiger partial charge in [0.2, 0.25) is 0 Å². The molecule has 0 bridgehead atoms. The number of rotatable bonds is 4. The molecule has 1 aliphatic rings. The maximum absolute atomic E-state index is 13.1. The zero-order chi connectivity index (χ0) is 22.8. The molecule has 7 heteroatoms. The zero-order valence-corrected chi connectivity index (χ0v) is 18.6. The number of anilines is 2. The molecule has 6 nitrogen and oxygen atoms in total. The van der Waals surface area contributed by atoms with E-state index in [1.165, 1.54) is 11.3 Å². The van der Waals surface area contributed by atoms with Gasteiger partial charge in [-0.05, 0) is 35.4 Å². The van der Waals surface area contributed by atoms with Crippen LogP contribution < -0.4 is 11.1 Å². The van der Waals surface area contributed by atoms with Crippen molar-refractivity contribution in [3.63, 3.8) is 0 Å². The van der Waals surface area contributed by atoms with Crippen molar-refractivity contribution >= 4 is 34.5 Å². The Morgan fingerprint density at radius 3 is 2.36 bits per heavy atom. The molecule has 5 rings (SSSR count). The maximum Gasteiger partial charge on any atom is 0.284 e. The van der Waals surface area contributed by atoms with Crippen LogP contribution in [0.3, 0.4) is 0 Å². The number of amides is 2. The molecule has 3 N–H and O–H groups in total. The van der Waals surface area contributed by atoms with Crippen LogP contribution in [0.25, 0.3) is 11.1 Å². The minimum absolute atomic E-state index is 0.0169. The van der Waals surface area contributed by atoms with Gasteiger partial charge in [0, 0.05) is 23.4 Å². The van der Waals surface area contributed by atoms with E-state index in [9.17, 15) is 9.59 Å². The summed E-state index contributed by atoms with van der Waals surface area (Å²) in [6.45, 7) is 1.02. The van der Waals surface area contributed by atoms with Gasteiger partial charge in [0.1, 0.15) is 0 Å². The van der Waals surface area contributed by atoms with Crippen molar-refractivity contribution in [1.29, 1.82) is 0 Å². The van der Waals surface area contributed by atoms with Crippen LogP contribution in [0.1, 0.15) is 30.7 Å². The van der Waals surface area contributed by atoms with Crippen LogP contribution in [-0.4, -0.2) is 28.2 Å².